The molecular weight excluding hydrogens is 458 g/mol. The fourth-order valence-electron chi connectivity index (χ4n) is 3.54. The van der Waals surface area contributed by atoms with Gasteiger partial charge in [-0.1, -0.05) is 42.5 Å². The van der Waals surface area contributed by atoms with Gasteiger partial charge in [0, 0.05) is 45.1 Å². The third kappa shape index (κ3) is 6.33. The zero-order valence-corrected chi connectivity index (χ0v) is 19.4. The van der Waals surface area contributed by atoms with Gasteiger partial charge in [0.1, 0.15) is 22.9 Å². The fraction of sp³-hybridized carbons (Fsp3) is 0.269. The van der Waals surface area contributed by atoms with Crippen molar-refractivity contribution in [1.82, 2.24) is 4.90 Å². The van der Waals surface area contributed by atoms with Crippen LogP contribution in [0.1, 0.15) is 11.1 Å². The first-order valence-corrected chi connectivity index (χ1v) is 10.8. The van der Waals surface area contributed by atoms with Crippen molar-refractivity contribution in [1.29, 1.82) is 0 Å². The van der Waals surface area contributed by atoms with E-state index in [4.69, 9.17) is 14.2 Å². The highest BCUT2D eigenvalue weighted by Gasteiger charge is 2.39. The lowest BCUT2D eigenvalue weighted by Gasteiger charge is -2.28. The number of ether oxygens (including phenoxy) is 3. The molecule has 0 aliphatic carbocycles. The minimum absolute atomic E-state index is 0.0190. The number of amides is 1. The van der Waals surface area contributed by atoms with E-state index in [-0.39, 0.29) is 36.5 Å². The van der Waals surface area contributed by atoms with Crippen molar-refractivity contribution < 1.29 is 32.6 Å². The number of Topliss-reactive ketones (excluding diaryl/α,β-unsaturated/α-hetero) is 1. The first-order chi connectivity index (χ1) is 16.9. The molecule has 7 nitrogen and oxygen atoms in total. The lowest BCUT2D eigenvalue weighted by atomic mass is 9.98. The summed E-state index contributed by atoms with van der Waals surface area (Å²) in [5.41, 5.74) is 0.813. The summed E-state index contributed by atoms with van der Waals surface area (Å²) in [6, 6.07) is 12.3. The second-order valence-electron chi connectivity index (χ2n) is 7.65. The van der Waals surface area contributed by atoms with Crippen LogP contribution in [0, 0.1) is 11.6 Å². The van der Waals surface area contributed by atoms with Gasteiger partial charge in [-0.05, 0) is 11.6 Å². The zero-order valence-electron chi connectivity index (χ0n) is 19.4. The Bertz CT molecular complexity index is 1130. The van der Waals surface area contributed by atoms with Crippen LogP contribution in [-0.4, -0.2) is 55.5 Å². The molecule has 184 valence electrons. The topological polar surface area (TPSA) is 77.4 Å². The molecule has 2 aromatic rings. The van der Waals surface area contributed by atoms with E-state index < -0.39 is 35.7 Å². The Morgan fingerprint density at radius 2 is 1.89 bits per heavy atom. The molecule has 1 aliphatic heterocycles. The Balaban J connectivity index is 1.89. The van der Waals surface area contributed by atoms with Crippen LogP contribution in [0.25, 0.3) is 0 Å². The molecule has 0 spiro atoms. The van der Waals surface area contributed by atoms with Gasteiger partial charge < -0.3 is 19.1 Å². The maximum absolute atomic E-state index is 14.2. The third-order valence-corrected chi connectivity index (χ3v) is 5.29. The first kappa shape index (κ1) is 26.1. The number of hydrogen-bond acceptors (Lipinski definition) is 6. The molecule has 1 heterocycles. The summed E-state index contributed by atoms with van der Waals surface area (Å²) < 4.78 is 43.9. The van der Waals surface area contributed by atoms with Gasteiger partial charge in [-0.15, -0.1) is 6.58 Å². The summed E-state index contributed by atoms with van der Waals surface area (Å²) in [5.74, 6) is -2.86. The predicted octanol–water partition coefficient (Wildman–Crippen LogP) is 3.59. The van der Waals surface area contributed by atoms with Crippen molar-refractivity contribution >= 4 is 17.4 Å². The van der Waals surface area contributed by atoms with Crippen LogP contribution in [-0.2, 0) is 37.0 Å². The lowest BCUT2D eigenvalue weighted by molar-refractivity contribution is -0.133. The van der Waals surface area contributed by atoms with Crippen molar-refractivity contribution in [3.05, 3.63) is 95.7 Å². The molecule has 1 amide bonds. The summed E-state index contributed by atoms with van der Waals surface area (Å²) in [7, 11) is 2.78. The van der Waals surface area contributed by atoms with Crippen LogP contribution in [0.3, 0.4) is 0 Å². The molecule has 0 saturated carbocycles. The smallest absolute Gasteiger partial charge is 0.259 e. The number of methoxy groups -OCH3 is 2. The summed E-state index contributed by atoms with van der Waals surface area (Å²) >= 11 is 0. The summed E-state index contributed by atoms with van der Waals surface area (Å²) in [5, 5.41) is 0. The molecule has 0 bridgehead atoms. The number of benzene rings is 2. The van der Waals surface area contributed by atoms with Crippen molar-refractivity contribution in [2.75, 3.05) is 20.8 Å². The van der Waals surface area contributed by atoms with Crippen LogP contribution >= 0.6 is 0 Å². The number of hydrogen-bond donors (Lipinski definition) is 0. The van der Waals surface area contributed by atoms with Gasteiger partial charge in [-0.3, -0.25) is 14.6 Å². The van der Waals surface area contributed by atoms with E-state index in [9.17, 15) is 18.4 Å². The van der Waals surface area contributed by atoms with E-state index in [1.54, 1.807) is 0 Å². The normalized spacial score (nSPS) is 15.6. The highest BCUT2D eigenvalue weighted by Crippen LogP contribution is 2.21. The standard InChI is InChI=1S/C26H26F2N2O5/c1-4-12-30(15-18-10-11-19(27)13-21(18)28)25(32)20-14-29-22(26(33-2)34-3)24(23(20)31)35-16-17-8-6-5-7-9-17/h4-11,13-14,24,26H,1,12,15-16H2,2-3H3. The summed E-state index contributed by atoms with van der Waals surface area (Å²) in [6.07, 6.45) is 0.365. The second kappa shape index (κ2) is 12.3. The van der Waals surface area contributed by atoms with E-state index in [0.29, 0.717) is 0 Å². The Kier molecular flexibility index (Phi) is 9.13. The molecule has 9 heteroatoms. The molecular formula is C26H26F2N2O5. The summed E-state index contributed by atoms with van der Waals surface area (Å²) in [4.78, 5) is 32.2. The molecule has 0 fully saturated rings. The van der Waals surface area contributed by atoms with Crippen LogP contribution in [0.2, 0.25) is 0 Å². The number of nitrogens with zero attached hydrogens (tertiary/aromatic N) is 2. The number of halogens is 2. The van der Waals surface area contributed by atoms with E-state index in [1.807, 2.05) is 30.3 Å². The number of carbonyl (C=O) groups excluding carboxylic acids is 2. The molecule has 0 N–H and O–H groups in total. The van der Waals surface area contributed by atoms with E-state index in [2.05, 4.69) is 11.6 Å². The monoisotopic (exact) mass is 484 g/mol. The van der Waals surface area contributed by atoms with Crippen molar-refractivity contribution in [3.63, 3.8) is 0 Å². The lowest BCUT2D eigenvalue weighted by Crippen LogP contribution is -2.47. The Morgan fingerprint density at radius 3 is 2.51 bits per heavy atom. The molecule has 2 aromatic carbocycles. The van der Waals surface area contributed by atoms with E-state index in [1.165, 1.54) is 31.3 Å². The predicted molar refractivity (Wildman–Crippen MR) is 125 cm³/mol. The minimum atomic E-state index is -1.24. The Hall–Kier alpha value is -3.53. The molecule has 1 atom stereocenters. The number of rotatable bonds is 11. The van der Waals surface area contributed by atoms with Gasteiger partial charge in [0.05, 0.1) is 6.61 Å². The molecule has 35 heavy (non-hydrogen) atoms. The molecule has 0 aromatic heterocycles. The van der Waals surface area contributed by atoms with Gasteiger partial charge in [-0.2, -0.15) is 0 Å². The average Bonchev–Trinajstić information content (AvgIpc) is 2.86. The first-order valence-electron chi connectivity index (χ1n) is 10.8. The third-order valence-electron chi connectivity index (χ3n) is 5.29. The van der Waals surface area contributed by atoms with Crippen LogP contribution < -0.4 is 0 Å². The quantitative estimate of drug-likeness (QED) is 0.277. The van der Waals surface area contributed by atoms with Gasteiger partial charge >= 0.3 is 0 Å². The molecule has 1 unspecified atom stereocenters. The van der Waals surface area contributed by atoms with E-state index in [0.717, 1.165) is 23.9 Å². The van der Waals surface area contributed by atoms with Crippen LogP contribution in [0.4, 0.5) is 8.78 Å². The largest absolute Gasteiger partial charge is 0.359 e. The maximum atomic E-state index is 14.2. The van der Waals surface area contributed by atoms with Crippen LogP contribution in [0.15, 0.2) is 78.0 Å². The van der Waals surface area contributed by atoms with E-state index >= 15 is 0 Å². The molecule has 3 rings (SSSR count). The number of carbonyl (C=O) groups is 2. The van der Waals surface area contributed by atoms with Gasteiger partial charge in [-0.25, -0.2) is 8.78 Å². The molecule has 1 aliphatic rings. The maximum Gasteiger partial charge on any atom is 0.259 e. The highest BCUT2D eigenvalue weighted by atomic mass is 19.1. The fourth-order valence-corrected chi connectivity index (χ4v) is 3.54. The molecule has 0 radical (unpaired) electrons. The Labute approximate surface area is 202 Å². The van der Waals surface area contributed by atoms with Crippen molar-refractivity contribution in [2.24, 2.45) is 4.99 Å². The minimum Gasteiger partial charge on any atom is -0.359 e. The van der Waals surface area contributed by atoms with Gasteiger partial charge in [0.25, 0.3) is 5.91 Å². The molecule has 0 saturated heterocycles. The Morgan fingerprint density at radius 1 is 1.17 bits per heavy atom. The van der Waals surface area contributed by atoms with Crippen molar-refractivity contribution in [2.45, 2.75) is 25.5 Å². The number of ketones is 1. The van der Waals surface area contributed by atoms with Gasteiger partial charge in [0.2, 0.25) is 5.78 Å². The SMILES string of the molecule is C=CCN(Cc1ccc(F)cc1F)C(=O)C1=CN=C(C(OC)OC)C(OCc2ccccc2)C1=O. The second-order valence-corrected chi connectivity index (χ2v) is 7.65. The summed E-state index contributed by atoms with van der Waals surface area (Å²) in [6.45, 7) is 3.52. The van der Waals surface area contributed by atoms with Crippen molar-refractivity contribution in [3.8, 4) is 0 Å². The highest BCUT2D eigenvalue weighted by molar-refractivity contribution is 6.28. The number of aliphatic imine (C=N–C) groups is 1. The van der Waals surface area contributed by atoms with Gasteiger partial charge in [0.15, 0.2) is 12.4 Å². The zero-order chi connectivity index (χ0) is 25.4. The average molecular weight is 484 g/mol. The van der Waals surface area contributed by atoms with Crippen LogP contribution in [0.5, 0.6) is 0 Å².